The van der Waals surface area contributed by atoms with Crippen LogP contribution in [0.3, 0.4) is 0 Å². The Kier molecular flexibility index (Phi) is 3.82. The summed E-state index contributed by atoms with van der Waals surface area (Å²) in [6, 6.07) is 15.2. The highest BCUT2D eigenvalue weighted by atomic mass is 35.5. The number of methoxy groups -OCH3 is 1. The molecule has 0 unspecified atom stereocenters. The van der Waals surface area contributed by atoms with E-state index in [9.17, 15) is 0 Å². The number of nitrogens with two attached hydrogens (primary N) is 1. The van der Waals surface area contributed by atoms with E-state index < -0.39 is 0 Å². The molecule has 0 fully saturated rings. The van der Waals surface area contributed by atoms with Crippen LogP contribution in [0.1, 0.15) is 5.56 Å². The molecule has 3 N–H and O–H groups in total. The maximum atomic E-state index is 6.04. The van der Waals surface area contributed by atoms with E-state index in [1.807, 2.05) is 53.2 Å². The summed E-state index contributed by atoms with van der Waals surface area (Å²) in [4.78, 5) is 7.90. The van der Waals surface area contributed by atoms with Gasteiger partial charge in [0, 0.05) is 11.1 Å². The normalized spacial score (nSPS) is 11.1. The van der Waals surface area contributed by atoms with Crippen LogP contribution in [0, 0.1) is 0 Å². The standard InChI is InChI=1S/C18H16ClN5O/c1-25-13-5-2-11(3-6-13)10-24-16(9-17(20)23-24)18-21-14-7-4-12(19)8-15(14)22-18/h2-9H,10H2,1H3,(H2,20,23)(H,21,22). The largest absolute Gasteiger partial charge is 0.497 e. The van der Waals surface area contributed by atoms with Crippen molar-refractivity contribution in [2.75, 3.05) is 12.8 Å². The zero-order valence-electron chi connectivity index (χ0n) is 13.5. The zero-order valence-corrected chi connectivity index (χ0v) is 14.3. The summed E-state index contributed by atoms with van der Waals surface area (Å²) in [5, 5.41) is 5.04. The topological polar surface area (TPSA) is 81.8 Å². The highest BCUT2D eigenvalue weighted by Crippen LogP contribution is 2.25. The molecule has 2 heterocycles. The van der Waals surface area contributed by atoms with Gasteiger partial charge in [-0.05, 0) is 35.9 Å². The molecule has 2 aromatic heterocycles. The van der Waals surface area contributed by atoms with Gasteiger partial charge in [-0.25, -0.2) is 4.98 Å². The third-order valence-electron chi connectivity index (χ3n) is 3.98. The third kappa shape index (κ3) is 3.04. The summed E-state index contributed by atoms with van der Waals surface area (Å²) >= 11 is 6.04. The number of rotatable bonds is 4. The van der Waals surface area contributed by atoms with Crippen molar-refractivity contribution in [3.63, 3.8) is 0 Å². The molecular weight excluding hydrogens is 338 g/mol. The Balaban J connectivity index is 1.71. The lowest BCUT2D eigenvalue weighted by Crippen LogP contribution is -2.05. The summed E-state index contributed by atoms with van der Waals surface area (Å²) < 4.78 is 7.02. The number of nitrogen functional groups attached to an aromatic ring is 1. The molecule has 0 aliphatic rings. The lowest BCUT2D eigenvalue weighted by atomic mass is 10.2. The van der Waals surface area contributed by atoms with E-state index in [1.165, 1.54) is 0 Å². The van der Waals surface area contributed by atoms with Crippen molar-refractivity contribution in [1.82, 2.24) is 19.7 Å². The number of imidazole rings is 1. The van der Waals surface area contributed by atoms with Crippen LogP contribution in [0.2, 0.25) is 5.02 Å². The maximum Gasteiger partial charge on any atom is 0.156 e. The molecule has 7 heteroatoms. The fourth-order valence-electron chi connectivity index (χ4n) is 2.75. The Morgan fingerprint density at radius 3 is 2.72 bits per heavy atom. The van der Waals surface area contributed by atoms with Gasteiger partial charge < -0.3 is 15.5 Å². The first-order valence-electron chi connectivity index (χ1n) is 7.74. The third-order valence-corrected chi connectivity index (χ3v) is 4.21. The van der Waals surface area contributed by atoms with Crippen LogP contribution in [-0.2, 0) is 6.54 Å². The minimum atomic E-state index is 0.446. The summed E-state index contributed by atoms with van der Waals surface area (Å²) in [6.45, 7) is 0.578. The second-order valence-electron chi connectivity index (χ2n) is 5.71. The number of aromatic nitrogens is 4. The first kappa shape index (κ1) is 15.5. The van der Waals surface area contributed by atoms with E-state index >= 15 is 0 Å². The molecule has 2 aromatic carbocycles. The number of aromatic amines is 1. The van der Waals surface area contributed by atoms with Crippen LogP contribution in [-0.4, -0.2) is 26.9 Å². The van der Waals surface area contributed by atoms with Gasteiger partial charge in [-0.1, -0.05) is 23.7 Å². The minimum absolute atomic E-state index is 0.446. The van der Waals surface area contributed by atoms with E-state index in [1.54, 1.807) is 7.11 Å². The van der Waals surface area contributed by atoms with Gasteiger partial charge in [0.15, 0.2) is 5.82 Å². The van der Waals surface area contributed by atoms with Crippen molar-refractivity contribution in [2.24, 2.45) is 0 Å². The molecule has 0 atom stereocenters. The summed E-state index contributed by atoms with van der Waals surface area (Å²) in [6.07, 6.45) is 0. The van der Waals surface area contributed by atoms with Gasteiger partial charge in [0.25, 0.3) is 0 Å². The van der Waals surface area contributed by atoms with Crippen LogP contribution >= 0.6 is 11.6 Å². The molecule has 0 spiro atoms. The van der Waals surface area contributed by atoms with Crippen molar-refractivity contribution in [2.45, 2.75) is 6.54 Å². The van der Waals surface area contributed by atoms with E-state index in [4.69, 9.17) is 22.1 Å². The number of hydrogen-bond acceptors (Lipinski definition) is 4. The summed E-state index contributed by atoms with van der Waals surface area (Å²) in [5.41, 5.74) is 9.54. The van der Waals surface area contributed by atoms with E-state index in [0.29, 0.717) is 23.2 Å². The lowest BCUT2D eigenvalue weighted by molar-refractivity contribution is 0.414. The van der Waals surface area contributed by atoms with E-state index in [-0.39, 0.29) is 0 Å². The predicted octanol–water partition coefficient (Wildman–Crippen LogP) is 3.72. The van der Waals surface area contributed by atoms with Gasteiger partial charge in [-0.2, -0.15) is 5.10 Å². The first-order chi connectivity index (χ1) is 12.1. The number of benzene rings is 2. The van der Waals surface area contributed by atoms with Gasteiger partial charge in [-0.3, -0.25) is 4.68 Å². The molecule has 0 saturated heterocycles. The average molecular weight is 354 g/mol. The zero-order chi connectivity index (χ0) is 17.4. The fraction of sp³-hybridized carbons (Fsp3) is 0.111. The quantitative estimate of drug-likeness (QED) is 0.586. The molecule has 0 aliphatic carbocycles. The second kappa shape index (κ2) is 6.14. The van der Waals surface area contributed by atoms with Gasteiger partial charge in [0.05, 0.1) is 24.7 Å². The van der Waals surface area contributed by atoms with Crippen molar-refractivity contribution in [3.05, 3.63) is 59.1 Å². The molecule has 6 nitrogen and oxygen atoms in total. The number of halogens is 1. The summed E-state index contributed by atoms with van der Waals surface area (Å²) in [7, 11) is 1.65. The van der Waals surface area contributed by atoms with Crippen LogP contribution in [0.5, 0.6) is 5.75 Å². The molecule has 4 aromatic rings. The first-order valence-corrected chi connectivity index (χ1v) is 8.12. The number of hydrogen-bond donors (Lipinski definition) is 2. The molecule has 25 heavy (non-hydrogen) atoms. The van der Waals surface area contributed by atoms with Gasteiger partial charge in [0.1, 0.15) is 17.3 Å². The SMILES string of the molecule is COc1ccc(Cn2nc(N)cc2-c2nc3cc(Cl)ccc3[nH]2)cc1. The minimum Gasteiger partial charge on any atom is -0.497 e. The second-order valence-corrected chi connectivity index (χ2v) is 6.14. The molecule has 0 radical (unpaired) electrons. The number of anilines is 1. The average Bonchev–Trinajstić information content (AvgIpc) is 3.18. The Bertz CT molecular complexity index is 1040. The van der Waals surface area contributed by atoms with Gasteiger partial charge >= 0.3 is 0 Å². The Morgan fingerprint density at radius 1 is 1.16 bits per heavy atom. The van der Waals surface area contributed by atoms with Crippen LogP contribution in [0.25, 0.3) is 22.6 Å². The van der Waals surface area contributed by atoms with Gasteiger partial charge in [0.2, 0.25) is 0 Å². The highest BCUT2D eigenvalue weighted by molar-refractivity contribution is 6.31. The predicted molar refractivity (Wildman–Crippen MR) is 98.8 cm³/mol. The molecular formula is C18H16ClN5O. The monoisotopic (exact) mass is 353 g/mol. The number of nitrogens with one attached hydrogen (secondary N) is 1. The van der Waals surface area contributed by atoms with Gasteiger partial charge in [-0.15, -0.1) is 0 Å². The van der Waals surface area contributed by atoms with Crippen LogP contribution in [0.15, 0.2) is 48.5 Å². The smallest absolute Gasteiger partial charge is 0.156 e. The Morgan fingerprint density at radius 2 is 1.96 bits per heavy atom. The Labute approximate surface area is 149 Å². The number of ether oxygens (including phenoxy) is 1. The summed E-state index contributed by atoms with van der Waals surface area (Å²) in [5.74, 6) is 1.97. The van der Waals surface area contributed by atoms with Crippen molar-refractivity contribution in [3.8, 4) is 17.3 Å². The van der Waals surface area contributed by atoms with Crippen molar-refractivity contribution < 1.29 is 4.74 Å². The molecule has 0 aliphatic heterocycles. The fourth-order valence-corrected chi connectivity index (χ4v) is 2.92. The van der Waals surface area contributed by atoms with E-state index in [2.05, 4.69) is 15.1 Å². The number of nitrogens with zero attached hydrogens (tertiary/aromatic N) is 3. The van der Waals surface area contributed by atoms with Crippen LogP contribution < -0.4 is 10.5 Å². The maximum absolute atomic E-state index is 6.04. The molecule has 126 valence electrons. The van der Waals surface area contributed by atoms with Crippen molar-refractivity contribution >= 4 is 28.5 Å². The van der Waals surface area contributed by atoms with E-state index in [0.717, 1.165) is 28.0 Å². The molecule has 4 rings (SSSR count). The Hall–Kier alpha value is -2.99. The molecule has 0 amide bonds. The lowest BCUT2D eigenvalue weighted by Gasteiger charge is -2.06. The number of H-pyrrole nitrogens is 1. The van der Waals surface area contributed by atoms with Crippen molar-refractivity contribution in [1.29, 1.82) is 0 Å². The number of fused-ring (bicyclic) bond motifs is 1. The van der Waals surface area contributed by atoms with Crippen LogP contribution in [0.4, 0.5) is 5.82 Å². The molecule has 0 bridgehead atoms. The highest BCUT2D eigenvalue weighted by Gasteiger charge is 2.13. The molecule has 0 saturated carbocycles.